The normalized spacial score (nSPS) is 16.3. The van der Waals surface area contributed by atoms with Gasteiger partial charge in [0.25, 0.3) is 6.43 Å². The lowest BCUT2D eigenvalue weighted by Crippen LogP contribution is -2.37. The average Bonchev–Trinajstić information content (AvgIpc) is 3.33. The van der Waals surface area contributed by atoms with Gasteiger partial charge in [-0.3, -0.25) is 4.40 Å². The van der Waals surface area contributed by atoms with Crippen LogP contribution in [0.3, 0.4) is 0 Å². The van der Waals surface area contributed by atoms with Gasteiger partial charge in [-0.1, -0.05) is 0 Å². The molecule has 1 fully saturated rings. The fourth-order valence-corrected chi connectivity index (χ4v) is 3.87. The molecule has 0 saturated carbocycles. The lowest BCUT2D eigenvalue weighted by Gasteiger charge is -2.29. The number of aromatic nitrogens is 5. The summed E-state index contributed by atoms with van der Waals surface area (Å²) >= 11 is 0. The van der Waals surface area contributed by atoms with Gasteiger partial charge in [0.1, 0.15) is 17.0 Å². The van der Waals surface area contributed by atoms with Crippen molar-refractivity contribution in [1.82, 2.24) is 29.2 Å². The van der Waals surface area contributed by atoms with Crippen molar-refractivity contribution in [2.75, 3.05) is 25.5 Å². The molecule has 0 spiro atoms. The first-order valence-corrected chi connectivity index (χ1v) is 9.63. The zero-order chi connectivity index (χ0) is 20.0. The van der Waals surface area contributed by atoms with Gasteiger partial charge in [-0.2, -0.15) is 4.98 Å². The molecule has 4 aromatic heterocycles. The highest BCUT2D eigenvalue weighted by Gasteiger charge is 2.18. The van der Waals surface area contributed by atoms with Crippen LogP contribution < -0.4 is 5.32 Å². The van der Waals surface area contributed by atoms with E-state index in [0.717, 1.165) is 42.4 Å². The van der Waals surface area contributed by atoms with E-state index in [1.807, 2.05) is 12.3 Å². The van der Waals surface area contributed by atoms with E-state index in [2.05, 4.69) is 37.2 Å². The first-order chi connectivity index (χ1) is 14.1. The summed E-state index contributed by atoms with van der Waals surface area (Å²) in [6.45, 7) is 2.12. The number of H-pyrrole nitrogens is 1. The van der Waals surface area contributed by atoms with Crippen LogP contribution in [-0.2, 0) is 0 Å². The number of nitrogens with one attached hydrogen (secondary N) is 2. The molecular weight excluding hydrogens is 376 g/mol. The highest BCUT2D eigenvalue weighted by Crippen LogP contribution is 2.30. The lowest BCUT2D eigenvalue weighted by molar-refractivity contribution is 0.145. The van der Waals surface area contributed by atoms with Gasteiger partial charge in [0.2, 0.25) is 5.95 Å². The van der Waals surface area contributed by atoms with Crippen molar-refractivity contribution in [3.63, 3.8) is 0 Å². The number of alkyl halides is 2. The molecule has 0 aliphatic carbocycles. The molecule has 0 atom stereocenters. The van der Waals surface area contributed by atoms with Gasteiger partial charge >= 0.3 is 0 Å². The molecule has 0 bridgehead atoms. The van der Waals surface area contributed by atoms with E-state index in [-0.39, 0.29) is 5.69 Å². The summed E-state index contributed by atoms with van der Waals surface area (Å²) in [5.74, 6) is 0.602. The third-order valence-electron chi connectivity index (χ3n) is 5.55. The smallest absolute Gasteiger partial charge is 0.280 e. The fourth-order valence-electron chi connectivity index (χ4n) is 3.87. The zero-order valence-corrected chi connectivity index (χ0v) is 15.9. The Morgan fingerprint density at radius 1 is 1.17 bits per heavy atom. The molecule has 1 aliphatic rings. The molecule has 4 aromatic rings. The third kappa shape index (κ3) is 3.31. The molecule has 7 nitrogen and oxygen atoms in total. The van der Waals surface area contributed by atoms with E-state index in [4.69, 9.17) is 0 Å². The number of fused-ring (bicyclic) bond motifs is 2. The van der Waals surface area contributed by atoms with Crippen LogP contribution in [0.5, 0.6) is 0 Å². The largest absolute Gasteiger partial charge is 0.351 e. The maximum absolute atomic E-state index is 13.2. The van der Waals surface area contributed by atoms with Gasteiger partial charge in [-0.15, -0.1) is 0 Å². The Hall–Kier alpha value is -3.07. The van der Waals surface area contributed by atoms with E-state index in [1.54, 1.807) is 18.5 Å². The van der Waals surface area contributed by atoms with Crippen LogP contribution in [0, 0.1) is 0 Å². The minimum atomic E-state index is -2.58. The molecule has 150 valence electrons. The van der Waals surface area contributed by atoms with E-state index in [9.17, 15) is 8.78 Å². The molecule has 5 rings (SSSR count). The topological polar surface area (TPSA) is 74.1 Å². The summed E-state index contributed by atoms with van der Waals surface area (Å²) in [7, 11) is 2.13. The highest BCUT2D eigenvalue weighted by atomic mass is 19.3. The standard InChI is InChI=1S/C20H21F2N7/c1-28-6-4-13(5-7-28)26-20-25-9-15-14(8-24-19(15)27-20)12-2-3-17-23-10-16(18(21)22)29(17)11-12/h2-3,8-11,13,18H,4-7H2,1H3,(H2,24,25,26,27). The van der Waals surface area contributed by atoms with Crippen LogP contribution in [0.4, 0.5) is 14.7 Å². The Bertz CT molecular complexity index is 1160. The summed E-state index contributed by atoms with van der Waals surface area (Å²) < 4.78 is 27.9. The van der Waals surface area contributed by atoms with Crippen LogP contribution in [0.2, 0.25) is 0 Å². The number of anilines is 1. The molecule has 0 amide bonds. The predicted molar refractivity (Wildman–Crippen MR) is 107 cm³/mol. The molecule has 0 radical (unpaired) electrons. The number of nitrogens with zero attached hydrogens (tertiary/aromatic N) is 5. The Balaban J connectivity index is 1.45. The molecule has 9 heteroatoms. The fraction of sp³-hybridized carbons (Fsp3) is 0.350. The van der Waals surface area contributed by atoms with Gasteiger partial charge in [0.15, 0.2) is 0 Å². The molecule has 29 heavy (non-hydrogen) atoms. The lowest BCUT2D eigenvalue weighted by atomic mass is 10.1. The maximum Gasteiger partial charge on any atom is 0.280 e. The SMILES string of the molecule is CN1CCC(Nc2ncc3c(-c4ccc5ncc(C(F)F)n5c4)c[nH]c3n2)CC1. The van der Waals surface area contributed by atoms with Gasteiger partial charge in [0.05, 0.1) is 6.20 Å². The summed E-state index contributed by atoms with van der Waals surface area (Å²) in [6, 6.07) is 3.97. The summed E-state index contributed by atoms with van der Waals surface area (Å²) in [6.07, 6.45) is 6.03. The van der Waals surface area contributed by atoms with Crippen LogP contribution in [0.1, 0.15) is 25.0 Å². The maximum atomic E-state index is 13.2. The second kappa shape index (κ2) is 7.07. The quantitative estimate of drug-likeness (QED) is 0.549. The van der Waals surface area contributed by atoms with Crippen LogP contribution in [0.25, 0.3) is 27.8 Å². The molecular formula is C20H21F2N7. The van der Waals surface area contributed by atoms with Gasteiger partial charge in [-0.05, 0) is 45.1 Å². The molecule has 1 aliphatic heterocycles. The predicted octanol–water partition coefficient (Wildman–Crippen LogP) is 3.72. The first-order valence-electron chi connectivity index (χ1n) is 9.63. The van der Waals surface area contributed by atoms with Crippen LogP contribution >= 0.6 is 0 Å². The van der Waals surface area contributed by atoms with Gasteiger partial charge in [-0.25, -0.2) is 18.7 Å². The van der Waals surface area contributed by atoms with E-state index in [1.165, 1.54) is 10.6 Å². The molecule has 1 saturated heterocycles. The zero-order valence-electron chi connectivity index (χ0n) is 15.9. The molecule has 2 N–H and O–H groups in total. The van der Waals surface area contributed by atoms with Crippen molar-refractivity contribution < 1.29 is 8.78 Å². The summed E-state index contributed by atoms with van der Waals surface area (Å²) in [4.78, 5) is 18.6. The van der Waals surface area contributed by atoms with E-state index >= 15 is 0 Å². The summed E-state index contributed by atoms with van der Waals surface area (Å²) in [5, 5.41) is 4.26. The number of piperidine rings is 1. The minimum Gasteiger partial charge on any atom is -0.351 e. The molecule has 0 unspecified atom stereocenters. The second-order valence-corrected chi connectivity index (χ2v) is 7.51. The molecule has 5 heterocycles. The third-order valence-corrected chi connectivity index (χ3v) is 5.55. The molecule has 0 aromatic carbocycles. The highest BCUT2D eigenvalue weighted by molar-refractivity contribution is 5.93. The summed E-state index contributed by atoms with van der Waals surface area (Å²) in [5.41, 5.74) is 2.74. The average molecular weight is 397 g/mol. The van der Waals surface area contributed by atoms with Crippen molar-refractivity contribution in [2.24, 2.45) is 0 Å². The number of hydrogen-bond donors (Lipinski definition) is 2. The number of halogens is 2. The first kappa shape index (κ1) is 18.0. The van der Waals surface area contributed by atoms with Crippen molar-refractivity contribution >= 4 is 22.6 Å². The van der Waals surface area contributed by atoms with Gasteiger partial charge < -0.3 is 15.2 Å². The number of pyridine rings is 1. The second-order valence-electron chi connectivity index (χ2n) is 7.51. The van der Waals surface area contributed by atoms with Crippen molar-refractivity contribution in [3.8, 4) is 11.1 Å². The number of likely N-dealkylation sites (tertiary alicyclic amines) is 1. The van der Waals surface area contributed by atoms with Crippen molar-refractivity contribution in [3.05, 3.63) is 42.6 Å². The Morgan fingerprint density at radius 3 is 2.79 bits per heavy atom. The van der Waals surface area contributed by atoms with Crippen molar-refractivity contribution in [2.45, 2.75) is 25.3 Å². The van der Waals surface area contributed by atoms with E-state index in [0.29, 0.717) is 23.3 Å². The Morgan fingerprint density at radius 2 is 2.00 bits per heavy atom. The van der Waals surface area contributed by atoms with Crippen molar-refractivity contribution in [1.29, 1.82) is 0 Å². The minimum absolute atomic E-state index is 0.123. The van der Waals surface area contributed by atoms with Gasteiger partial charge in [0, 0.05) is 41.1 Å². The Labute approximate surface area is 165 Å². The number of rotatable bonds is 4. The Kier molecular flexibility index (Phi) is 4.39. The number of aromatic amines is 1. The monoisotopic (exact) mass is 397 g/mol. The number of hydrogen-bond acceptors (Lipinski definition) is 5. The van der Waals surface area contributed by atoms with Crippen LogP contribution in [0.15, 0.2) is 36.9 Å². The van der Waals surface area contributed by atoms with Crippen LogP contribution in [-0.4, -0.2) is 55.4 Å². The van der Waals surface area contributed by atoms with E-state index < -0.39 is 6.43 Å². The number of imidazole rings is 1.